The van der Waals surface area contributed by atoms with Crippen LogP contribution < -0.4 is 4.57 Å². The second-order valence-corrected chi connectivity index (χ2v) is 14.2. The normalized spacial score (nSPS) is 36.5. The van der Waals surface area contributed by atoms with Crippen molar-refractivity contribution in [1.29, 1.82) is 0 Å². The van der Waals surface area contributed by atoms with Gasteiger partial charge in [-0.15, -0.1) is 0 Å². The largest absolute Gasteiger partial charge is 0.372 e. The van der Waals surface area contributed by atoms with Crippen LogP contribution in [0.4, 0.5) is 0 Å². The Hall–Kier alpha value is -2.73. The van der Waals surface area contributed by atoms with Crippen molar-refractivity contribution in [2.45, 2.75) is 81.9 Å². The Balaban J connectivity index is 1.39. The summed E-state index contributed by atoms with van der Waals surface area (Å²) in [5.74, 6) is 0.502. The van der Waals surface area contributed by atoms with Crippen LogP contribution in [-0.2, 0) is 11.8 Å². The van der Waals surface area contributed by atoms with Crippen LogP contribution in [0, 0.1) is 11.3 Å². The number of aromatic amines is 1. The number of pyridine rings is 1. The van der Waals surface area contributed by atoms with Crippen molar-refractivity contribution in [3.63, 3.8) is 0 Å². The molecular weight excluding hydrogens is 528 g/mol. The molecule has 0 radical (unpaired) electrons. The Morgan fingerprint density at radius 1 is 0.930 bits per heavy atom. The molecule has 0 amide bonds. The summed E-state index contributed by atoms with van der Waals surface area (Å²) in [7, 11) is 4.27. The summed E-state index contributed by atoms with van der Waals surface area (Å²) in [6.07, 6.45) is 27.1. The zero-order valence-corrected chi connectivity index (χ0v) is 26.2. The molecule has 3 bridgehead atoms. The zero-order valence-electron chi connectivity index (χ0n) is 26.2. The van der Waals surface area contributed by atoms with E-state index in [1.165, 1.54) is 111 Å². The fourth-order valence-electron chi connectivity index (χ4n) is 10.1. The van der Waals surface area contributed by atoms with Crippen LogP contribution in [0.2, 0.25) is 0 Å². The van der Waals surface area contributed by atoms with Crippen LogP contribution >= 0.6 is 0 Å². The molecule has 4 aliphatic heterocycles. The highest BCUT2D eigenvalue weighted by atomic mass is 16.5. The minimum absolute atomic E-state index is 0.149. The number of rotatable bonds is 2. The van der Waals surface area contributed by atoms with E-state index >= 15 is 0 Å². The van der Waals surface area contributed by atoms with Gasteiger partial charge in [0, 0.05) is 59.0 Å². The molecule has 1 aromatic carbocycles. The van der Waals surface area contributed by atoms with E-state index in [1.54, 1.807) is 0 Å². The van der Waals surface area contributed by atoms with Crippen molar-refractivity contribution in [2.24, 2.45) is 18.4 Å². The van der Waals surface area contributed by atoms with E-state index < -0.39 is 0 Å². The summed E-state index contributed by atoms with van der Waals surface area (Å²) in [6, 6.07) is 12.0. The molecule has 5 heteroatoms. The van der Waals surface area contributed by atoms with Crippen molar-refractivity contribution in [2.75, 3.05) is 33.3 Å². The second-order valence-electron chi connectivity index (χ2n) is 14.2. The van der Waals surface area contributed by atoms with Crippen molar-refractivity contribution >= 4 is 27.4 Å². The summed E-state index contributed by atoms with van der Waals surface area (Å²) in [4.78, 5) is 9.67. The average Bonchev–Trinajstić information content (AvgIpc) is 3.52. The molecule has 1 aliphatic carbocycles. The lowest BCUT2D eigenvalue weighted by Crippen LogP contribution is -2.66. The predicted octanol–water partition coefficient (Wildman–Crippen LogP) is 6.94. The number of para-hydroxylation sites is 1. The third-order valence-corrected chi connectivity index (χ3v) is 11.9. The fourth-order valence-corrected chi connectivity index (χ4v) is 10.1. The Kier molecular flexibility index (Phi) is 7.12. The number of nitrogens with one attached hydrogen (secondary N) is 1. The molecule has 43 heavy (non-hydrogen) atoms. The van der Waals surface area contributed by atoms with Crippen LogP contribution in [0.1, 0.15) is 69.9 Å². The summed E-state index contributed by atoms with van der Waals surface area (Å²) >= 11 is 0. The topological polar surface area (TPSA) is 35.4 Å². The highest BCUT2D eigenvalue weighted by molar-refractivity contribution is 6.09. The number of piperidine rings is 1. The first-order valence-corrected chi connectivity index (χ1v) is 17.1. The number of aryl methyl sites for hydroxylation is 1. The number of fused-ring (bicyclic) bond motifs is 5. The van der Waals surface area contributed by atoms with E-state index in [9.17, 15) is 0 Å². The Morgan fingerprint density at radius 2 is 1.77 bits per heavy atom. The number of nitrogens with zero attached hydrogens (tertiary/aromatic N) is 3. The van der Waals surface area contributed by atoms with Crippen molar-refractivity contribution in [1.82, 2.24) is 14.8 Å². The third kappa shape index (κ3) is 4.41. The highest BCUT2D eigenvalue weighted by Gasteiger charge is 2.66. The minimum atomic E-state index is -0.337. The van der Waals surface area contributed by atoms with Gasteiger partial charge < -0.3 is 14.6 Å². The summed E-state index contributed by atoms with van der Waals surface area (Å²) < 4.78 is 9.37. The van der Waals surface area contributed by atoms with Crippen LogP contribution in [0.5, 0.6) is 0 Å². The van der Waals surface area contributed by atoms with Gasteiger partial charge in [0.15, 0.2) is 6.20 Å². The maximum Gasteiger partial charge on any atom is 0.232 e. The van der Waals surface area contributed by atoms with Gasteiger partial charge in [-0.05, 0) is 96.0 Å². The lowest BCUT2D eigenvalue weighted by molar-refractivity contribution is -0.672. The Morgan fingerprint density at radius 3 is 2.67 bits per heavy atom. The lowest BCUT2D eigenvalue weighted by Gasteiger charge is -2.58. The molecule has 5 nitrogen and oxygen atoms in total. The van der Waals surface area contributed by atoms with Gasteiger partial charge in [0.05, 0.1) is 6.04 Å². The molecular formula is C38H49N4O+. The standard InChI is InChI=1S/C38H48N4O/c1-40-23-18-30-29-16-10-11-17-33(29)39-34(30)35(40)31-26-38(43-2)20-12-6-3-4-7-13-21-41-24-19-32(31)37(27-41)25-28-15-9-5-8-14-22-42(28)36(37)38/h3,6,9-11,15-18,23,26,28,32,36H,4-5,7-8,12-14,19-22,24-25,27H2,1-2H3/p+1/b6-3-,15-9-/t28-,32?,36+,37-,38-/m0/s1. The number of ether oxygens (including phenoxy) is 1. The quantitative estimate of drug-likeness (QED) is 0.265. The van der Waals surface area contributed by atoms with E-state index in [0.29, 0.717) is 18.0 Å². The molecule has 2 fully saturated rings. The second kappa shape index (κ2) is 11.0. The van der Waals surface area contributed by atoms with Crippen molar-refractivity contribution < 1.29 is 9.30 Å². The molecule has 226 valence electrons. The smallest absolute Gasteiger partial charge is 0.232 e. The molecule has 1 N–H and O–H groups in total. The third-order valence-electron chi connectivity index (χ3n) is 11.9. The molecule has 1 spiro atoms. The predicted molar refractivity (Wildman–Crippen MR) is 176 cm³/mol. The molecule has 2 saturated heterocycles. The maximum absolute atomic E-state index is 6.97. The molecule has 0 saturated carbocycles. The van der Waals surface area contributed by atoms with E-state index in [4.69, 9.17) is 4.74 Å². The fraction of sp³-hybridized carbons (Fsp3) is 0.553. The van der Waals surface area contributed by atoms with Crippen LogP contribution in [0.15, 0.2) is 66.9 Å². The lowest BCUT2D eigenvalue weighted by atomic mass is 9.54. The molecule has 5 aliphatic rings. The van der Waals surface area contributed by atoms with E-state index in [-0.39, 0.29) is 11.0 Å². The first-order valence-electron chi connectivity index (χ1n) is 17.1. The molecule has 2 aromatic heterocycles. The van der Waals surface area contributed by atoms with Gasteiger partial charge in [-0.3, -0.25) is 4.90 Å². The summed E-state index contributed by atoms with van der Waals surface area (Å²) in [6.45, 7) is 4.79. The molecule has 8 rings (SSSR count). The van der Waals surface area contributed by atoms with Gasteiger partial charge in [-0.2, -0.15) is 4.57 Å². The highest BCUT2D eigenvalue weighted by Crippen LogP contribution is 2.62. The maximum atomic E-state index is 6.97. The number of hydrogen-bond acceptors (Lipinski definition) is 3. The number of methoxy groups -OCH3 is 1. The average molecular weight is 578 g/mol. The molecule has 3 aromatic rings. The van der Waals surface area contributed by atoms with Gasteiger partial charge in [0.25, 0.3) is 0 Å². The Labute approximate surface area is 257 Å². The number of hydrogen-bond donors (Lipinski definition) is 1. The van der Waals surface area contributed by atoms with E-state index in [1.807, 2.05) is 7.11 Å². The summed E-state index contributed by atoms with van der Waals surface area (Å²) in [5, 5.41) is 2.64. The van der Waals surface area contributed by atoms with Gasteiger partial charge in [-0.1, -0.05) is 42.5 Å². The SMILES string of the molecule is CO[C@]12C=C(c3c4[nH]c5ccccc5c4cc[n+]3C)C3CCN(CCCC/C=C\CC1)C[C@@]31C[C@@H]3/C=C\CCCCN3[C@H]12. The van der Waals surface area contributed by atoms with Crippen LogP contribution in [-0.4, -0.2) is 65.8 Å². The van der Waals surface area contributed by atoms with Gasteiger partial charge in [-0.25, -0.2) is 0 Å². The molecule has 6 atom stereocenters. The monoisotopic (exact) mass is 577 g/mol. The zero-order chi connectivity index (χ0) is 29.0. The number of aromatic nitrogens is 2. The van der Waals surface area contributed by atoms with Gasteiger partial charge in [0.2, 0.25) is 5.69 Å². The first kappa shape index (κ1) is 27.8. The number of allylic oxidation sites excluding steroid dienone is 4. The molecule has 6 heterocycles. The van der Waals surface area contributed by atoms with Crippen LogP contribution in [0.25, 0.3) is 27.4 Å². The van der Waals surface area contributed by atoms with E-state index in [0.717, 1.165) is 12.8 Å². The van der Waals surface area contributed by atoms with Crippen LogP contribution in [0.3, 0.4) is 0 Å². The van der Waals surface area contributed by atoms with E-state index in [2.05, 4.69) is 93.3 Å². The Bertz CT molecular complexity index is 1600. The first-order chi connectivity index (χ1) is 21.1. The number of H-pyrrole nitrogens is 1. The number of benzene rings is 1. The van der Waals surface area contributed by atoms with Crippen molar-refractivity contribution in [3.8, 4) is 0 Å². The van der Waals surface area contributed by atoms with Crippen molar-refractivity contribution in [3.05, 3.63) is 72.6 Å². The summed E-state index contributed by atoms with van der Waals surface area (Å²) in [5.41, 5.74) is 5.20. The van der Waals surface area contributed by atoms with Gasteiger partial charge in [0.1, 0.15) is 18.2 Å². The molecule has 2 unspecified atom stereocenters. The minimum Gasteiger partial charge on any atom is -0.372 e. The van der Waals surface area contributed by atoms with Gasteiger partial charge >= 0.3 is 0 Å².